The highest BCUT2D eigenvalue weighted by atomic mass is 16.6. The Hall–Kier alpha value is -2.16. The molecule has 6 nitrogen and oxygen atoms in total. The molecule has 1 aliphatic rings. The van der Waals surface area contributed by atoms with E-state index in [-0.39, 0.29) is 17.5 Å². The van der Waals surface area contributed by atoms with Crippen molar-refractivity contribution in [3.8, 4) is 11.8 Å². The first-order valence-electron chi connectivity index (χ1n) is 4.42. The van der Waals surface area contributed by atoms with Gasteiger partial charge >= 0.3 is 5.82 Å². The number of pyridine rings is 1. The van der Waals surface area contributed by atoms with Crippen LogP contribution in [0.1, 0.15) is 18.4 Å². The van der Waals surface area contributed by atoms with E-state index in [9.17, 15) is 10.1 Å². The number of nitriles is 1. The summed E-state index contributed by atoms with van der Waals surface area (Å²) in [5.41, 5.74) is 0.156. The van der Waals surface area contributed by atoms with Crippen molar-refractivity contribution >= 4 is 5.82 Å². The van der Waals surface area contributed by atoms with E-state index in [2.05, 4.69) is 4.98 Å². The van der Waals surface area contributed by atoms with Gasteiger partial charge in [0.25, 0.3) is 0 Å². The molecule has 0 spiro atoms. The molecule has 0 radical (unpaired) electrons. The van der Waals surface area contributed by atoms with E-state index in [1.807, 2.05) is 6.07 Å². The minimum absolute atomic E-state index is 0.139. The van der Waals surface area contributed by atoms with E-state index in [4.69, 9.17) is 10.00 Å². The summed E-state index contributed by atoms with van der Waals surface area (Å²) in [4.78, 5) is 13.4. The Balaban J connectivity index is 2.30. The maximum Gasteiger partial charge on any atom is 0.364 e. The summed E-state index contributed by atoms with van der Waals surface area (Å²) in [7, 11) is 0. The van der Waals surface area contributed by atoms with Crippen LogP contribution in [0.4, 0.5) is 5.82 Å². The number of nitro groups is 1. The summed E-state index contributed by atoms with van der Waals surface area (Å²) in [5.74, 6) is -0.0136. The number of ether oxygens (including phenoxy) is 1. The van der Waals surface area contributed by atoms with E-state index in [1.165, 1.54) is 6.20 Å². The highest BCUT2D eigenvalue weighted by Gasteiger charge is 2.26. The lowest BCUT2D eigenvalue weighted by atomic mass is 10.2. The van der Waals surface area contributed by atoms with Gasteiger partial charge in [-0.05, 0) is 22.7 Å². The lowest BCUT2D eigenvalue weighted by molar-refractivity contribution is -0.389. The van der Waals surface area contributed by atoms with Gasteiger partial charge in [0.05, 0.1) is 12.2 Å². The van der Waals surface area contributed by atoms with Gasteiger partial charge in [0, 0.05) is 0 Å². The van der Waals surface area contributed by atoms with Crippen LogP contribution in [0.5, 0.6) is 5.75 Å². The smallest absolute Gasteiger partial charge is 0.364 e. The summed E-state index contributed by atoms with van der Waals surface area (Å²) >= 11 is 0. The molecule has 1 aromatic heterocycles. The van der Waals surface area contributed by atoms with Crippen LogP contribution < -0.4 is 4.74 Å². The van der Waals surface area contributed by atoms with Gasteiger partial charge < -0.3 is 14.9 Å². The summed E-state index contributed by atoms with van der Waals surface area (Å²) in [5, 5.41) is 19.2. The molecule has 0 bridgehead atoms. The average molecular weight is 205 g/mol. The Morgan fingerprint density at radius 3 is 2.93 bits per heavy atom. The van der Waals surface area contributed by atoms with Crippen molar-refractivity contribution in [1.29, 1.82) is 5.26 Å². The van der Waals surface area contributed by atoms with E-state index < -0.39 is 4.92 Å². The zero-order valence-electron chi connectivity index (χ0n) is 7.71. The SMILES string of the molecule is N#Cc1cc([N+](=O)[O-])ncc1OC1CC1. The molecule has 1 aromatic rings. The van der Waals surface area contributed by atoms with Crippen LogP contribution in [0.3, 0.4) is 0 Å². The highest BCUT2D eigenvalue weighted by molar-refractivity contribution is 5.45. The van der Waals surface area contributed by atoms with E-state index >= 15 is 0 Å². The van der Waals surface area contributed by atoms with Crippen molar-refractivity contribution in [3.63, 3.8) is 0 Å². The molecule has 0 unspecified atom stereocenters. The third-order valence-corrected chi connectivity index (χ3v) is 1.98. The van der Waals surface area contributed by atoms with Crippen LogP contribution in [-0.4, -0.2) is 16.0 Å². The number of hydrogen-bond donors (Lipinski definition) is 0. The topological polar surface area (TPSA) is 89.0 Å². The first-order valence-corrected chi connectivity index (χ1v) is 4.42. The van der Waals surface area contributed by atoms with Crippen LogP contribution in [0, 0.1) is 21.4 Å². The second kappa shape index (κ2) is 3.53. The standard InChI is InChI=1S/C9H7N3O3/c10-4-6-3-9(12(13)14)11-5-8(6)15-7-1-2-7/h3,5,7H,1-2H2. The van der Waals surface area contributed by atoms with Crippen LogP contribution >= 0.6 is 0 Å². The molecule has 0 aliphatic heterocycles. The van der Waals surface area contributed by atoms with Crippen molar-refractivity contribution in [2.75, 3.05) is 0 Å². The summed E-state index contributed by atoms with van der Waals surface area (Å²) in [6, 6.07) is 2.98. The van der Waals surface area contributed by atoms with Crippen molar-refractivity contribution in [2.24, 2.45) is 0 Å². The largest absolute Gasteiger partial charge is 0.485 e. The van der Waals surface area contributed by atoms with E-state index in [0.29, 0.717) is 5.75 Å². The van der Waals surface area contributed by atoms with Crippen LogP contribution in [0.15, 0.2) is 12.3 Å². The molecular weight excluding hydrogens is 198 g/mol. The van der Waals surface area contributed by atoms with Crippen molar-refractivity contribution in [2.45, 2.75) is 18.9 Å². The van der Waals surface area contributed by atoms with Crippen molar-refractivity contribution in [1.82, 2.24) is 4.98 Å². The van der Waals surface area contributed by atoms with Crippen LogP contribution in [0.2, 0.25) is 0 Å². The molecule has 2 rings (SSSR count). The Labute approximate surface area is 85.3 Å². The predicted molar refractivity (Wildman–Crippen MR) is 49.3 cm³/mol. The summed E-state index contributed by atoms with van der Waals surface area (Å²) < 4.78 is 5.37. The molecule has 1 fully saturated rings. The zero-order chi connectivity index (χ0) is 10.8. The lowest BCUT2D eigenvalue weighted by Gasteiger charge is -2.03. The molecule has 76 valence electrons. The van der Waals surface area contributed by atoms with Gasteiger partial charge in [-0.2, -0.15) is 5.26 Å². The third kappa shape index (κ3) is 2.02. The Kier molecular flexibility index (Phi) is 2.21. The maximum atomic E-state index is 10.4. The second-order valence-electron chi connectivity index (χ2n) is 3.22. The number of nitrogens with zero attached hydrogens (tertiary/aromatic N) is 3. The van der Waals surface area contributed by atoms with Gasteiger partial charge in [0.1, 0.15) is 11.6 Å². The van der Waals surface area contributed by atoms with E-state index in [1.54, 1.807) is 0 Å². The lowest BCUT2D eigenvalue weighted by Crippen LogP contribution is -2.00. The molecule has 0 atom stereocenters. The Morgan fingerprint density at radius 2 is 2.40 bits per heavy atom. The fraction of sp³-hybridized carbons (Fsp3) is 0.333. The molecule has 1 aliphatic carbocycles. The number of aromatic nitrogens is 1. The Morgan fingerprint density at radius 1 is 1.67 bits per heavy atom. The van der Waals surface area contributed by atoms with Crippen molar-refractivity contribution in [3.05, 3.63) is 27.9 Å². The van der Waals surface area contributed by atoms with Gasteiger partial charge in [0.15, 0.2) is 11.9 Å². The average Bonchev–Trinajstić information content (AvgIpc) is 3.02. The molecule has 0 N–H and O–H groups in total. The van der Waals surface area contributed by atoms with Gasteiger partial charge in [-0.1, -0.05) is 0 Å². The molecule has 0 aromatic carbocycles. The quantitative estimate of drug-likeness (QED) is 0.549. The molecule has 15 heavy (non-hydrogen) atoms. The fourth-order valence-electron chi connectivity index (χ4n) is 1.08. The summed E-state index contributed by atoms with van der Waals surface area (Å²) in [6.07, 6.45) is 3.29. The van der Waals surface area contributed by atoms with Crippen LogP contribution in [0.25, 0.3) is 0 Å². The van der Waals surface area contributed by atoms with E-state index in [0.717, 1.165) is 18.9 Å². The number of hydrogen-bond acceptors (Lipinski definition) is 5. The van der Waals surface area contributed by atoms with Gasteiger partial charge in [-0.15, -0.1) is 0 Å². The highest BCUT2D eigenvalue weighted by Crippen LogP contribution is 2.29. The molecular formula is C9H7N3O3. The predicted octanol–water partition coefficient (Wildman–Crippen LogP) is 1.40. The first kappa shape index (κ1) is 9.40. The maximum absolute atomic E-state index is 10.4. The van der Waals surface area contributed by atoms with Gasteiger partial charge in [-0.25, -0.2) is 0 Å². The molecule has 0 saturated heterocycles. The molecule has 6 heteroatoms. The number of rotatable bonds is 3. The minimum atomic E-state index is -0.637. The fourth-order valence-corrected chi connectivity index (χ4v) is 1.08. The monoisotopic (exact) mass is 205 g/mol. The minimum Gasteiger partial charge on any atom is -0.485 e. The third-order valence-electron chi connectivity index (χ3n) is 1.98. The molecule has 0 amide bonds. The first-order chi connectivity index (χ1) is 7.20. The van der Waals surface area contributed by atoms with Crippen molar-refractivity contribution < 1.29 is 9.66 Å². The normalized spacial score (nSPS) is 14.3. The van der Waals surface area contributed by atoms with Crippen LogP contribution in [-0.2, 0) is 0 Å². The second-order valence-corrected chi connectivity index (χ2v) is 3.22. The Bertz CT molecular complexity index is 448. The van der Waals surface area contributed by atoms with Gasteiger partial charge in [-0.3, -0.25) is 0 Å². The molecule has 1 saturated carbocycles. The molecule has 1 heterocycles. The zero-order valence-corrected chi connectivity index (χ0v) is 7.71. The van der Waals surface area contributed by atoms with Gasteiger partial charge in [0.2, 0.25) is 0 Å². The summed E-state index contributed by atoms with van der Waals surface area (Å²) in [6.45, 7) is 0.